The molecule has 1 fully saturated rings. The Bertz CT molecular complexity index is 199. The van der Waals surface area contributed by atoms with Crippen LogP contribution < -0.4 is 10.6 Å². The lowest BCUT2D eigenvalue weighted by molar-refractivity contribution is 0.117. The zero-order valence-corrected chi connectivity index (χ0v) is 9.62. The molecule has 88 valence electrons. The fourth-order valence-electron chi connectivity index (χ4n) is 1.75. The van der Waals surface area contributed by atoms with Crippen LogP contribution in [0.5, 0.6) is 0 Å². The van der Waals surface area contributed by atoms with Crippen molar-refractivity contribution in [1.29, 1.82) is 0 Å². The molecule has 0 aromatic rings. The van der Waals surface area contributed by atoms with Gasteiger partial charge in [0.25, 0.3) is 0 Å². The molecule has 3 N–H and O–H groups in total. The maximum absolute atomic E-state index is 11.4. The van der Waals surface area contributed by atoms with E-state index in [0.29, 0.717) is 12.5 Å². The van der Waals surface area contributed by atoms with Gasteiger partial charge in [0.1, 0.15) is 0 Å². The molecule has 0 saturated heterocycles. The Labute approximate surface area is 91.4 Å². The second-order valence-electron chi connectivity index (χ2n) is 4.75. The average Bonchev–Trinajstić information content (AvgIpc) is 2.19. The monoisotopic (exact) mass is 214 g/mol. The maximum atomic E-state index is 11.4. The van der Waals surface area contributed by atoms with Gasteiger partial charge in [-0.3, -0.25) is 0 Å². The smallest absolute Gasteiger partial charge is 0.315 e. The van der Waals surface area contributed by atoms with Crippen LogP contribution in [0, 0.1) is 5.92 Å². The number of aliphatic hydroxyl groups excluding tert-OH is 1. The van der Waals surface area contributed by atoms with E-state index in [-0.39, 0.29) is 18.2 Å². The first kappa shape index (κ1) is 12.3. The van der Waals surface area contributed by atoms with Gasteiger partial charge < -0.3 is 15.7 Å². The highest BCUT2D eigenvalue weighted by molar-refractivity contribution is 5.74. The Balaban J connectivity index is 2.15. The van der Waals surface area contributed by atoms with Crippen LogP contribution >= 0.6 is 0 Å². The highest BCUT2D eigenvalue weighted by Gasteiger charge is 2.20. The molecule has 0 aromatic heterocycles. The van der Waals surface area contributed by atoms with E-state index in [2.05, 4.69) is 24.5 Å². The quantitative estimate of drug-likeness (QED) is 0.662. The maximum Gasteiger partial charge on any atom is 0.315 e. The minimum Gasteiger partial charge on any atom is -0.393 e. The molecule has 1 saturated carbocycles. The van der Waals surface area contributed by atoms with E-state index in [4.69, 9.17) is 0 Å². The van der Waals surface area contributed by atoms with E-state index in [9.17, 15) is 9.90 Å². The molecule has 1 aliphatic rings. The average molecular weight is 214 g/mol. The van der Waals surface area contributed by atoms with E-state index in [0.717, 1.165) is 25.7 Å². The third kappa shape index (κ3) is 5.02. The van der Waals surface area contributed by atoms with Crippen LogP contribution in [-0.4, -0.2) is 29.8 Å². The Morgan fingerprint density at radius 2 is 1.93 bits per heavy atom. The lowest BCUT2D eigenvalue weighted by Crippen LogP contribution is -2.45. The van der Waals surface area contributed by atoms with E-state index in [1.54, 1.807) is 0 Å². The van der Waals surface area contributed by atoms with E-state index < -0.39 is 0 Å². The van der Waals surface area contributed by atoms with Gasteiger partial charge >= 0.3 is 6.03 Å². The summed E-state index contributed by atoms with van der Waals surface area (Å²) in [6.45, 7) is 4.84. The zero-order valence-electron chi connectivity index (χ0n) is 9.62. The lowest BCUT2D eigenvalue weighted by Gasteiger charge is -2.26. The van der Waals surface area contributed by atoms with Crippen molar-refractivity contribution in [3.8, 4) is 0 Å². The predicted molar refractivity (Wildman–Crippen MR) is 59.6 cm³/mol. The van der Waals surface area contributed by atoms with Gasteiger partial charge in [0.2, 0.25) is 0 Å². The summed E-state index contributed by atoms with van der Waals surface area (Å²) in [7, 11) is 0. The van der Waals surface area contributed by atoms with E-state index in [1.165, 1.54) is 0 Å². The molecule has 15 heavy (non-hydrogen) atoms. The number of carbonyl (C=O) groups excluding carboxylic acids is 1. The van der Waals surface area contributed by atoms with Gasteiger partial charge in [-0.1, -0.05) is 13.8 Å². The molecule has 2 amide bonds. The molecule has 1 aliphatic carbocycles. The first-order valence-corrected chi connectivity index (χ1v) is 5.80. The number of aliphatic hydroxyl groups is 1. The molecule has 0 spiro atoms. The minimum absolute atomic E-state index is 0.0786. The van der Waals surface area contributed by atoms with Crippen molar-refractivity contribution in [1.82, 2.24) is 10.6 Å². The summed E-state index contributed by atoms with van der Waals surface area (Å²) in [4.78, 5) is 11.4. The normalized spacial score (nSPS) is 26.4. The van der Waals surface area contributed by atoms with E-state index in [1.807, 2.05) is 0 Å². The van der Waals surface area contributed by atoms with Gasteiger partial charge in [-0.25, -0.2) is 4.79 Å². The van der Waals surface area contributed by atoms with Gasteiger partial charge in [-0.05, 0) is 31.6 Å². The van der Waals surface area contributed by atoms with Crippen molar-refractivity contribution in [3.63, 3.8) is 0 Å². The van der Waals surface area contributed by atoms with Gasteiger partial charge in [0.05, 0.1) is 6.10 Å². The molecule has 0 unspecified atom stereocenters. The van der Waals surface area contributed by atoms with Crippen LogP contribution in [0.25, 0.3) is 0 Å². The van der Waals surface area contributed by atoms with E-state index >= 15 is 0 Å². The molecule has 0 aromatic carbocycles. The minimum atomic E-state index is -0.165. The number of nitrogens with one attached hydrogen (secondary N) is 2. The zero-order chi connectivity index (χ0) is 11.3. The van der Waals surface area contributed by atoms with Crippen LogP contribution in [0.4, 0.5) is 4.79 Å². The van der Waals surface area contributed by atoms with Crippen molar-refractivity contribution in [3.05, 3.63) is 0 Å². The summed E-state index contributed by atoms with van der Waals surface area (Å²) in [5.74, 6) is 0.476. The molecule has 0 bridgehead atoms. The molecule has 0 aliphatic heterocycles. The highest BCUT2D eigenvalue weighted by atomic mass is 16.3. The Hall–Kier alpha value is -0.770. The topological polar surface area (TPSA) is 61.4 Å². The molecule has 0 atom stereocenters. The standard InChI is InChI=1S/C11H22N2O2/c1-8(2)7-12-11(15)13-9-3-5-10(14)6-4-9/h8-10,14H,3-7H2,1-2H3,(H2,12,13,15). The van der Waals surface area contributed by atoms with Crippen molar-refractivity contribution in [2.75, 3.05) is 6.54 Å². The van der Waals surface area contributed by atoms with Gasteiger partial charge in [0, 0.05) is 12.6 Å². The fourth-order valence-corrected chi connectivity index (χ4v) is 1.75. The first-order valence-electron chi connectivity index (χ1n) is 5.80. The highest BCUT2D eigenvalue weighted by Crippen LogP contribution is 2.17. The van der Waals surface area contributed by atoms with Crippen molar-refractivity contribution in [2.24, 2.45) is 5.92 Å². The fraction of sp³-hybridized carbons (Fsp3) is 0.909. The summed E-state index contributed by atoms with van der Waals surface area (Å²) < 4.78 is 0. The molecular weight excluding hydrogens is 192 g/mol. The number of hydrogen-bond donors (Lipinski definition) is 3. The first-order chi connectivity index (χ1) is 7.08. The SMILES string of the molecule is CC(C)CNC(=O)NC1CCC(O)CC1. The molecule has 0 heterocycles. The molecule has 4 heteroatoms. The van der Waals surface area contributed by atoms with Crippen molar-refractivity contribution >= 4 is 6.03 Å². The number of amides is 2. The summed E-state index contributed by atoms with van der Waals surface area (Å²) in [6, 6.07) is 0.158. The van der Waals surface area contributed by atoms with Crippen molar-refractivity contribution in [2.45, 2.75) is 51.7 Å². The van der Waals surface area contributed by atoms with Crippen LogP contribution in [0.2, 0.25) is 0 Å². The van der Waals surface area contributed by atoms with Crippen LogP contribution in [0.15, 0.2) is 0 Å². The third-order valence-corrected chi connectivity index (χ3v) is 2.70. The Kier molecular flexibility index (Phi) is 4.88. The van der Waals surface area contributed by atoms with Gasteiger partial charge in [-0.2, -0.15) is 0 Å². The largest absolute Gasteiger partial charge is 0.393 e. The summed E-state index contributed by atoms with van der Waals surface area (Å²) in [6.07, 6.45) is 3.21. The molecule has 4 nitrogen and oxygen atoms in total. The van der Waals surface area contributed by atoms with Crippen molar-refractivity contribution < 1.29 is 9.90 Å². The number of carbonyl (C=O) groups is 1. The molecule has 1 rings (SSSR count). The Morgan fingerprint density at radius 1 is 1.33 bits per heavy atom. The van der Waals surface area contributed by atoms with Crippen LogP contribution in [0.3, 0.4) is 0 Å². The second-order valence-corrected chi connectivity index (χ2v) is 4.75. The Morgan fingerprint density at radius 3 is 2.47 bits per heavy atom. The summed E-state index contributed by atoms with van der Waals surface area (Å²) >= 11 is 0. The third-order valence-electron chi connectivity index (χ3n) is 2.70. The lowest BCUT2D eigenvalue weighted by atomic mass is 9.93. The molecular formula is C11H22N2O2. The summed E-state index contributed by atoms with van der Waals surface area (Å²) in [5, 5.41) is 15.1. The van der Waals surface area contributed by atoms with Crippen LogP contribution in [0.1, 0.15) is 39.5 Å². The summed E-state index contributed by atoms with van der Waals surface area (Å²) in [5.41, 5.74) is 0. The predicted octanol–water partition coefficient (Wildman–Crippen LogP) is 1.25. The van der Waals surface area contributed by atoms with Crippen LogP contribution in [-0.2, 0) is 0 Å². The number of rotatable bonds is 3. The molecule has 0 radical (unpaired) electrons. The number of hydrogen-bond acceptors (Lipinski definition) is 2. The van der Waals surface area contributed by atoms with Gasteiger partial charge in [-0.15, -0.1) is 0 Å². The number of urea groups is 1. The van der Waals surface area contributed by atoms with Gasteiger partial charge in [0.15, 0.2) is 0 Å². The second kappa shape index (κ2) is 5.95.